The van der Waals surface area contributed by atoms with Gasteiger partial charge in [-0.3, -0.25) is 4.90 Å². The Morgan fingerprint density at radius 1 is 1.16 bits per heavy atom. The second-order valence-corrected chi connectivity index (χ2v) is 5.94. The molecule has 19 heavy (non-hydrogen) atoms. The van der Waals surface area contributed by atoms with Gasteiger partial charge in [-0.1, -0.05) is 44.4 Å². The van der Waals surface area contributed by atoms with E-state index in [9.17, 15) is 0 Å². The molecule has 0 aliphatic heterocycles. The molecule has 2 nitrogen and oxygen atoms in total. The summed E-state index contributed by atoms with van der Waals surface area (Å²) in [5.41, 5.74) is 8.29. The molecule has 0 atom stereocenters. The van der Waals surface area contributed by atoms with Crippen LogP contribution in [0.4, 0.5) is 5.69 Å². The molecular weight excluding hydrogens is 232 g/mol. The summed E-state index contributed by atoms with van der Waals surface area (Å²) in [5.74, 6) is 0.908. The van der Waals surface area contributed by atoms with Crippen molar-refractivity contribution in [2.45, 2.75) is 52.0 Å². The number of rotatable bonds is 6. The van der Waals surface area contributed by atoms with Crippen LogP contribution in [0.25, 0.3) is 0 Å². The van der Waals surface area contributed by atoms with Gasteiger partial charge in [-0.25, -0.2) is 0 Å². The minimum atomic E-state index is 0.908. The summed E-state index contributed by atoms with van der Waals surface area (Å²) in [7, 11) is 0. The van der Waals surface area contributed by atoms with Gasteiger partial charge in [0.15, 0.2) is 0 Å². The van der Waals surface area contributed by atoms with Crippen LogP contribution < -0.4 is 5.73 Å². The fourth-order valence-corrected chi connectivity index (χ4v) is 3.21. The van der Waals surface area contributed by atoms with E-state index in [-0.39, 0.29) is 0 Å². The van der Waals surface area contributed by atoms with E-state index in [0.29, 0.717) is 0 Å². The van der Waals surface area contributed by atoms with E-state index in [1.165, 1.54) is 57.2 Å². The zero-order valence-corrected chi connectivity index (χ0v) is 12.3. The van der Waals surface area contributed by atoms with Crippen LogP contribution in [0.3, 0.4) is 0 Å². The Kier molecular flexibility index (Phi) is 5.71. The molecule has 0 radical (unpaired) electrons. The van der Waals surface area contributed by atoms with Crippen LogP contribution >= 0.6 is 0 Å². The third kappa shape index (κ3) is 4.54. The molecule has 1 aromatic carbocycles. The maximum absolute atomic E-state index is 6.07. The van der Waals surface area contributed by atoms with E-state index in [2.05, 4.69) is 24.0 Å². The van der Waals surface area contributed by atoms with E-state index >= 15 is 0 Å². The minimum absolute atomic E-state index is 0.908. The molecule has 1 aliphatic rings. The van der Waals surface area contributed by atoms with Crippen LogP contribution in [-0.4, -0.2) is 18.0 Å². The summed E-state index contributed by atoms with van der Waals surface area (Å²) in [6.07, 6.45) is 8.36. The van der Waals surface area contributed by atoms with Crippen molar-refractivity contribution in [2.24, 2.45) is 5.92 Å². The van der Waals surface area contributed by atoms with Gasteiger partial charge >= 0.3 is 0 Å². The molecule has 1 aromatic rings. The van der Waals surface area contributed by atoms with Gasteiger partial charge < -0.3 is 5.73 Å². The fraction of sp³-hybridized carbons (Fsp3) is 0.647. The lowest BCUT2D eigenvalue weighted by Gasteiger charge is -2.30. The molecule has 0 amide bonds. The van der Waals surface area contributed by atoms with Gasteiger partial charge in [0, 0.05) is 18.8 Å². The number of benzene rings is 1. The Hall–Kier alpha value is -1.02. The highest BCUT2D eigenvalue weighted by Gasteiger charge is 2.17. The molecule has 106 valence electrons. The number of para-hydroxylation sites is 1. The quantitative estimate of drug-likeness (QED) is 0.781. The standard InChI is InChI=1S/C17H28N2/c1-2-12-19(13-15-8-4-3-5-9-15)14-16-10-6-7-11-17(16)18/h6-7,10-11,15H,2-5,8-9,12-14,18H2,1H3. The number of nitrogens with zero attached hydrogens (tertiary/aromatic N) is 1. The second kappa shape index (κ2) is 7.54. The maximum Gasteiger partial charge on any atom is 0.0359 e. The lowest BCUT2D eigenvalue weighted by Crippen LogP contribution is -2.31. The monoisotopic (exact) mass is 260 g/mol. The molecule has 0 bridgehead atoms. The van der Waals surface area contributed by atoms with Crippen molar-refractivity contribution in [3.8, 4) is 0 Å². The SMILES string of the molecule is CCCN(Cc1ccccc1N)CC1CCCCC1. The smallest absolute Gasteiger partial charge is 0.0359 e. The first-order chi connectivity index (χ1) is 9.29. The molecule has 2 heteroatoms. The molecule has 1 aliphatic carbocycles. The molecule has 1 fully saturated rings. The summed E-state index contributed by atoms with van der Waals surface area (Å²) in [5, 5.41) is 0. The number of nitrogens with two attached hydrogens (primary N) is 1. The summed E-state index contributed by atoms with van der Waals surface area (Å²) < 4.78 is 0. The van der Waals surface area contributed by atoms with Crippen LogP contribution in [0, 0.1) is 5.92 Å². The van der Waals surface area contributed by atoms with Crippen LogP contribution in [0.5, 0.6) is 0 Å². The highest BCUT2D eigenvalue weighted by Crippen LogP contribution is 2.25. The third-order valence-corrected chi connectivity index (χ3v) is 4.23. The molecule has 0 heterocycles. The molecule has 0 aromatic heterocycles. The van der Waals surface area contributed by atoms with Gasteiger partial charge in [0.05, 0.1) is 0 Å². The summed E-state index contributed by atoms with van der Waals surface area (Å²) >= 11 is 0. The number of hydrogen-bond donors (Lipinski definition) is 1. The first kappa shape index (κ1) is 14.4. The van der Waals surface area contributed by atoms with Crippen molar-refractivity contribution in [1.29, 1.82) is 0 Å². The van der Waals surface area contributed by atoms with E-state index in [1.54, 1.807) is 0 Å². The second-order valence-electron chi connectivity index (χ2n) is 5.94. The number of nitrogen functional groups attached to an aromatic ring is 1. The van der Waals surface area contributed by atoms with Crippen LogP contribution in [0.2, 0.25) is 0 Å². The Morgan fingerprint density at radius 3 is 2.58 bits per heavy atom. The van der Waals surface area contributed by atoms with Crippen LogP contribution in [0.15, 0.2) is 24.3 Å². The summed E-state index contributed by atoms with van der Waals surface area (Å²) in [6, 6.07) is 8.29. The normalized spacial score (nSPS) is 16.9. The summed E-state index contributed by atoms with van der Waals surface area (Å²) in [6.45, 7) is 5.71. The van der Waals surface area contributed by atoms with Gasteiger partial charge in [0.25, 0.3) is 0 Å². The molecule has 0 unspecified atom stereocenters. The van der Waals surface area contributed by atoms with E-state index in [0.717, 1.165) is 18.2 Å². The first-order valence-corrected chi connectivity index (χ1v) is 7.85. The maximum atomic E-state index is 6.07. The van der Waals surface area contributed by atoms with Gasteiger partial charge in [0.1, 0.15) is 0 Å². The zero-order chi connectivity index (χ0) is 13.5. The van der Waals surface area contributed by atoms with E-state index in [4.69, 9.17) is 5.73 Å². The van der Waals surface area contributed by atoms with Crippen LogP contribution in [0.1, 0.15) is 51.0 Å². The molecule has 0 saturated heterocycles. The van der Waals surface area contributed by atoms with Crippen molar-refractivity contribution >= 4 is 5.69 Å². The van der Waals surface area contributed by atoms with E-state index in [1.807, 2.05) is 12.1 Å². The lowest BCUT2D eigenvalue weighted by molar-refractivity contribution is 0.194. The molecule has 2 N–H and O–H groups in total. The molecule has 0 spiro atoms. The van der Waals surface area contributed by atoms with Crippen molar-refractivity contribution in [3.63, 3.8) is 0 Å². The predicted octanol–water partition coefficient (Wildman–Crippen LogP) is 4.06. The van der Waals surface area contributed by atoms with Crippen molar-refractivity contribution in [2.75, 3.05) is 18.8 Å². The van der Waals surface area contributed by atoms with Crippen molar-refractivity contribution in [3.05, 3.63) is 29.8 Å². The lowest BCUT2D eigenvalue weighted by atomic mass is 9.89. The average Bonchev–Trinajstić information content (AvgIpc) is 2.43. The molecular formula is C17H28N2. The predicted molar refractivity (Wildman–Crippen MR) is 83.0 cm³/mol. The van der Waals surface area contributed by atoms with Gasteiger partial charge in [-0.2, -0.15) is 0 Å². The Balaban J connectivity index is 1.93. The van der Waals surface area contributed by atoms with Gasteiger partial charge in [-0.15, -0.1) is 0 Å². The van der Waals surface area contributed by atoms with Gasteiger partial charge in [0.2, 0.25) is 0 Å². The average molecular weight is 260 g/mol. The molecule has 1 saturated carbocycles. The van der Waals surface area contributed by atoms with Crippen molar-refractivity contribution < 1.29 is 0 Å². The Bertz CT molecular complexity index is 369. The third-order valence-electron chi connectivity index (χ3n) is 4.23. The van der Waals surface area contributed by atoms with Crippen molar-refractivity contribution in [1.82, 2.24) is 4.90 Å². The molecule has 2 rings (SSSR count). The van der Waals surface area contributed by atoms with E-state index < -0.39 is 0 Å². The minimum Gasteiger partial charge on any atom is -0.398 e. The number of anilines is 1. The van der Waals surface area contributed by atoms with Crippen LogP contribution in [-0.2, 0) is 6.54 Å². The number of hydrogen-bond acceptors (Lipinski definition) is 2. The largest absolute Gasteiger partial charge is 0.398 e. The highest BCUT2D eigenvalue weighted by atomic mass is 15.1. The highest BCUT2D eigenvalue weighted by molar-refractivity contribution is 5.46. The zero-order valence-electron chi connectivity index (χ0n) is 12.3. The fourth-order valence-electron chi connectivity index (χ4n) is 3.21. The first-order valence-electron chi connectivity index (χ1n) is 7.85. The summed E-state index contributed by atoms with van der Waals surface area (Å²) in [4.78, 5) is 2.60. The Labute approximate surface area is 118 Å². The topological polar surface area (TPSA) is 29.3 Å². The Morgan fingerprint density at radius 2 is 1.89 bits per heavy atom. The van der Waals surface area contributed by atoms with Gasteiger partial charge in [-0.05, 0) is 43.4 Å².